The minimum absolute atomic E-state index is 0.510. The second-order valence-electron chi connectivity index (χ2n) is 5.11. The maximum absolute atomic E-state index is 6.24. The number of nitrogens with zero attached hydrogens (tertiary/aromatic N) is 4. The first kappa shape index (κ1) is 18.3. The van der Waals surface area contributed by atoms with E-state index < -0.39 is 0 Å². The van der Waals surface area contributed by atoms with Gasteiger partial charge in [-0.2, -0.15) is 5.10 Å². The van der Waals surface area contributed by atoms with E-state index in [9.17, 15) is 0 Å². The summed E-state index contributed by atoms with van der Waals surface area (Å²) in [6, 6.07) is 13.0. The standard InChI is InChI=1S/C17H13Cl3N4S/c18-13-3-1-12(2-4-13)9-25-17(8-24-11-21-10-22-24)23-16-6-5-14(19)7-15(16)20/h1-7,10-11H,8-9H2/b23-17-. The number of benzene rings is 2. The second-order valence-corrected chi connectivity index (χ2v) is 7.44. The molecule has 0 unspecified atom stereocenters. The van der Waals surface area contributed by atoms with Crippen LogP contribution in [0.5, 0.6) is 0 Å². The van der Waals surface area contributed by atoms with Gasteiger partial charge in [0.2, 0.25) is 0 Å². The predicted molar refractivity (Wildman–Crippen MR) is 106 cm³/mol. The van der Waals surface area contributed by atoms with Gasteiger partial charge in [-0.25, -0.2) is 14.7 Å². The summed E-state index contributed by atoms with van der Waals surface area (Å²) < 4.78 is 1.72. The number of hydrogen-bond donors (Lipinski definition) is 0. The summed E-state index contributed by atoms with van der Waals surface area (Å²) >= 11 is 19.7. The molecule has 0 aliphatic rings. The number of aromatic nitrogens is 3. The summed E-state index contributed by atoms with van der Waals surface area (Å²) in [7, 11) is 0. The van der Waals surface area contributed by atoms with Gasteiger partial charge >= 0.3 is 0 Å². The van der Waals surface area contributed by atoms with Crippen LogP contribution in [0.4, 0.5) is 5.69 Å². The van der Waals surface area contributed by atoms with E-state index in [0.29, 0.717) is 22.3 Å². The van der Waals surface area contributed by atoms with Gasteiger partial charge in [-0.3, -0.25) is 0 Å². The third-order valence-electron chi connectivity index (χ3n) is 3.24. The summed E-state index contributed by atoms with van der Waals surface area (Å²) in [6.07, 6.45) is 3.15. The molecule has 0 aliphatic carbocycles. The molecule has 8 heteroatoms. The zero-order valence-electron chi connectivity index (χ0n) is 12.9. The van der Waals surface area contributed by atoms with E-state index in [1.807, 2.05) is 24.3 Å². The Balaban J connectivity index is 1.81. The van der Waals surface area contributed by atoms with Gasteiger partial charge in [0.15, 0.2) is 0 Å². The van der Waals surface area contributed by atoms with Crippen molar-refractivity contribution in [1.29, 1.82) is 0 Å². The molecule has 3 aromatic rings. The molecule has 25 heavy (non-hydrogen) atoms. The van der Waals surface area contributed by atoms with Crippen LogP contribution in [0, 0.1) is 0 Å². The third-order valence-corrected chi connectivity index (χ3v) is 5.06. The lowest BCUT2D eigenvalue weighted by atomic mass is 10.2. The molecule has 128 valence electrons. The van der Waals surface area contributed by atoms with E-state index in [0.717, 1.165) is 21.4 Å². The quantitative estimate of drug-likeness (QED) is 0.387. The van der Waals surface area contributed by atoms with E-state index >= 15 is 0 Å². The van der Waals surface area contributed by atoms with Crippen molar-refractivity contribution in [2.75, 3.05) is 0 Å². The van der Waals surface area contributed by atoms with Crippen molar-refractivity contribution in [3.05, 3.63) is 75.8 Å². The molecule has 0 aliphatic heterocycles. The lowest BCUT2D eigenvalue weighted by Gasteiger charge is -2.08. The molecular weight excluding hydrogens is 399 g/mol. The van der Waals surface area contributed by atoms with Crippen LogP contribution in [0.1, 0.15) is 5.56 Å². The molecule has 0 N–H and O–H groups in total. The third kappa shape index (κ3) is 5.47. The monoisotopic (exact) mass is 410 g/mol. The molecule has 0 saturated carbocycles. The fourth-order valence-electron chi connectivity index (χ4n) is 2.02. The average molecular weight is 412 g/mol. The maximum atomic E-state index is 6.24. The molecule has 0 fully saturated rings. The van der Waals surface area contributed by atoms with Gasteiger partial charge in [0, 0.05) is 15.8 Å². The van der Waals surface area contributed by atoms with E-state index in [-0.39, 0.29) is 0 Å². The first-order chi connectivity index (χ1) is 12.1. The minimum atomic E-state index is 0.510. The van der Waals surface area contributed by atoms with Crippen molar-refractivity contribution in [3.63, 3.8) is 0 Å². The number of hydrogen-bond acceptors (Lipinski definition) is 4. The van der Waals surface area contributed by atoms with Crippen molar-refractivity contribution in [2.24, 2.45) is 4.99 Å². The summed E-state index contributed by atoms with van der Waals surface area (Å²) in [6.45, 7) is 0.511. The Morgan fingerprint density at radius 1 is 1.04 bits per heavy atom. The Kier molecular flexibility index (Phi) is 6.37. The Morgan fingerprint density at radius 3 is 2.48 bits per heavy atom. The van der Waals surface area contributed by atoms with Gasteiger partial charge in [-0.05, 0) is 35.9 Å². The van der Waals surface area contributed by atoms with Crippen LogP contribution in [0.15, 0.2) is 60.1 Å². The van der Waals surface area contributed by atoms with Crippen LogP contribution in [0.25, 0.3) is 0 Å². The molecule has 2 aromatic carbocycles. The fraction of sp³-hybridized carbons (Fsp3) is 0.118. The van der Waals surface area contributed by atoms with Gasteiger partial charge in [0.1, 0.15) is 12.7 Å². The van der Waals surface area contributed by atoms with Crippen LogP contribution >= 0.6 is 46.6 Å². The molecular formula is C17H13Cl3N4S. The van der Waals surface area contributed by atoms with Gasteiger partial charge < -0.3 is 0 Å². The lowest BCUT2D eigenvalue weighted by Crippen LogP contribution is -2.08. The number of halogens is 3. The number of aliphatic imine (C=N–C) groups is 1. The van der Waals surface area contributed by atoms with Gasteiger partial charge in [0.05, 0.1) is 22.3 Å². The second kappa shape index (κ2) is 8.72. The molecule has 1 heterocycles. The molecule has 0 spiro atoms. The van der Waals surface area contributed by atoms with E-state index in [1.54, 1.807) is 41.0 Å². The van der Waals surface area contributed by atoms with Crippen molar-refractivity contribution in [3.8, 4) is 0 Å². The average Bonchev–Trinajstić information content (AvgIpc) is 3.09. The summed E-state index contributed by atoms with van der Waals surface area (Å²) in [4.78, 5) is 8.65. The van der Waals surface area contributed by atoms with Gasteiger partial charge in [-0.15, -0.1) is 11.8 Å². The highest BCUT2D eigenvalue weighted by Gasteiger charge is 2.07. The largest absolute Gasteiger partial charge is 0.246 e. The molecule has 0 radical (unpaired) electrons. The van der Waals surface area contributed by atoms with Crippen LogP contribution in [0.2, 0.25) is 15.1 Å². The Hall–Kier alpha value is -1.53. The van der Waals surface area contributed by atoms with Crippen LogP contribution in [-0.4, -0.2) is 19.8 Å². The first-order valence-corrected chi connectivity index (χ1v) is 9.44. The van der Waals surface area contributed by atoms with Crippen LogP contribution in [-0.2, 0) is 12.3 Å². The zero-order chi connectivity index (χ0) is 17.6. The van der Waals surface area contributed by atoms with Crippen molar-refractivity contribution in [2.45, 2.75) is 12.3 Å². The van der Waals surface area contributed by atoms with Gasteiger partial charge in [-0.1, -0.05) is 46.9 Å². The normalized spacial score (nSPS) is 11.7. The Bertz CT molecular complexity index is 864. The van der Waals surface area contributed by atoms with Crippen LogP contribution < -0.4 is 0 Å². The van der Waals surface area contributed by atoms with Crippen molar-refractivity contribution < 1.29 is 0 Å². The van der Waals surface area contributed by atoms with Gasteiger partial charge in [0.25, 0.3) is 0 Å². The molecule has 0 bridgehead atoms. The predicted octanol–water partition coefficient (Wildman–Crippen LogP) is 5.90. The van der Waals surface area contributed by atoms with Crippen LogP contribution in [0.3, 0.4) is 0 Å². The van der Waals surface area contributed by atoms with E-state index in [2.05, 4.69) is 15.1 Å². The molecule has 0 amide bonds. The maximum Gasteiger partial charge on any atom is 0.137 e. The molecule has 3 rings (SSSR count). The molecule has 0 atom stereocenters. The summed E-state index contributed by atoms with van der Waals surface area (Å²) in [5.41, 5.74) is 1.83. The van der Waals surface area contributed by atoms with E-state index in [4.69, 9.17) is 34.8 Å². The van der Waals surface area contributed by atoms with E-state index in [1.165, 1.54) is 6.33 Å². The SMILES string of the molecule is Clc1ccc(CS/C(Cn2cncn2)=N\c2ccc(Cl)cc2Cl)cc1. The Morgan fingerprint density at radius 2 is 1.80 bits per heavy atom. The Labute approximate surface area is 164 Å². The summed E-state index contributed by atoms with van der Waals surface area (Å²) in [5.74, 6) is 0.760. The molecule has 0 saturated heterocycles. The van der Waals surface area contributed by atoms with Crippen molar-refractivity contribution >= 4 is 57.3 Å². The minimum Gasteiger partial charge on any atom is -0.246 e. The van der Waals surface area contributed by atoms with Crippen molar-refractivity contribution in [1.82, 2.24) is 14.8 Å². The highest BCUT2D eigenvalue weighted by Crippen LogP contribution is 2.29. The molecule has 4 nitrogen and oxygen atoms in total. The number of rotatable bonds is 5. The first-order valence-electron chi connectivity index (χ1n) is 7.32. The topological polar surface area (TPSA) is 43.1 Å². The highest BCUT2D eigenvalue weighted by atomic mass is 35.5. The lowest BCUT2D eigenvalue weighted by molar-refractivity contribution is 0.727. The summed E-state index contributed by atoms with van der Waals surface area (Å²) in [5, 5.41) is 6.82. The highest BCUT2D eigenvalue weighted by molar-refractivity contribution is 8.13. The number of thioether (sulfide) groups is 1. The smallest absolute Gasteiger partial charge is 0.137 e. The fourth-order valence-corrected chi connectivity index (χ4v) is 3.51. The zero-order valence-corrected chi connectivity index (χ0v) is 16.0. The molecule has 1 aromatic heterocycles.